The molecule has 47 heavy (non-hydrogen) atoms. The number of carbonyl (C=O) groups excluding carboxylic acids is 3. The Morgan fingerprint density at radius 1 is 0.702 bits per heavy atom. The third-order valence-corrected chi connectivity index (χ3v) is 7.41. The average molecular weight is 639 g/mol. The van der Waals surface area contributed by atoms with E-state index < -0.39 is 30.1 Å². The molecule has 9 nitrogen and oxygen atoms in total. The summed E-state index contributed by atoms with van der Waals surface area (Å²) in [6, 6.07) is 31.9. The van der Waals surface area contributed by atoms with Crippen LogP contribution in [0.3, 0.4) is 0 Å². The van der Waals surface area contributed by atoms with E-state index in [9.17, 15) is 19.5 Å². The topological polar surface area (TPSA) is 114 Å². The molecular weight excluding hydrogens is 596 g/mol. The van der Waals surface area contributed by atoms with Crippen molar-refractivity contribution in [3.8, 4) is 16.9 Å². The van der Waals surface area contributed by atoms with Crippen LogP contribution in [-0.2, 0) is 38.7 Å². The molecule has 2 atom stereocenters. The summed E-state index contributed by atoms with van der Waals surface area (Å²) in [7, 11) is 1.60. The molecule has 0 saturated heterocycles. The summed E-state index contributed by atoms with van der Waals surface area (Å²) >= 11 is 0. The summed E-state index contributed by atoms with van der Waals surface area (Å²) in [5, 5.41) is 13.6. The Kier molecular flexibility index (Phi) is 12.9. The van der Waals surface area contributed by atoms with Gasteiger partial charge in [0.15, 0.2) is 6.10 Å². The number of aliphatic hydroxyl groups is 1. The summed E-state index contributed by atoms with van der Waals surface area (Å²) in [6.45, 7) is 3.75. The van der Waals surface area contributed by atoms with Gasteiger partial charge in [-0.2, -0.15) is 0 Å². The molecule has 0 fully saturated rings. The average Bonchev–Trinajstić information content (AvgIpc) is 3.09. The Labute approximate surface area is 276 Å². The van der Waals surface area contributed by atoms with Crippen LogP contribution in [0.25, 0.3) is 11.1 Å². The first kappa shape index (κ1) is 34.7. The van der Waals surface area contributed by atoms with Gasteiger partial charge >= 0.3 is 18.0 Å². The molecule has 0 spiro atoms. The number of amides is 2. The number of rotatable bonds is 15. The lowest BCUT2D eigenvalue weighted by Gasteiger charge is -2.29. The van der Waals surface area contributed by atoms with Crippen LogP contribution in [0.1, 0.15) is 30.5 Å². The molecule has 246 valence electrons. The molecule has 4 rings (SSSR count). The fourth-order valence-corrected chi connectivity index (χ4v) is 5.10. The van der Waals surface area contributed by atoms with Crippen molar-refractivity contribution < 1.29 is 33.7 Å². The highest BCUT2D eigenvalue weighted by molar-refractivity contribution is 5.85. The molecular formula is C38H42N2O7. The van der Waals surface area contributed by atoms with E-state index in [0.29, 0.717) is 5.75 Å². The van der Waals surface area contributed by atoms with Crippen LogP contribution in [0.5, 0.6) is 5.75 Å². The Morgan fingerprint density at radius 3 is 1.83 bits per heavy atom. The maximum absolute atomic E-state index is 13.8. The van der Waals surface area contributed by atoms with E-state index in [2.05, 4.69) is 5.32 Å². The number of ether oxygens (including phenoxy) is 3. The Bertz CT molecular complexity index is 1590. The Morgan fingerprint density at radius 2 is 1.23 bits per heavy atom. The van der Waals surface area contributed by atoms with E-state index in [1.165, 1.54) is 4.90 Å². The second-order valence-corrected chi connectivity index (χ2v) is 11.6. The second kappa shape index (κ2) is 17.5. The molecule has 2 N–H and O–H groups in total. The monoisotopic (exact) mass is 638 g/mol. The lowest BCUT2D eigenvalue weighted by Crippen LogP contribution is -2.52. The molecule has 0 aliphatic carbocycles. The van der Waals surface area contributed by atoms with Gasteiger partial charge in [-0.3, -0.25) is 0 Å². The van der Waals surface area contributed by atoms with Crippen molar-refractivity contribution in [2.45, 2.75) is 45.6 Å². The molecule has 4 aromatic rings. The first-order valence-electron chi connectivity index (χ1n) is 15.6. The number of hydrogen-bond acceptors (Lipinski definition) is 7. The summed E-state index contributed by atoms with van der Waals surface area (Å²) < 4.78 is 16.6. The summed E-state index contributed by atoms with van der Waals surface area (Å²) in [5.74, 6) is -0.796. The number of benzene rings is 4. The van der Waals surface area contributed by atoms with Gasteiger partial charge in [0, 0.05) is 18.5 Å². The quantitative estimate of drug-likeness (QED) is 0.159. The zero-order valence-corrected chi connectivity index (χ0v) is 27.0. The number of methoxy groups -OCH3 is 1. The van der Waals surface area contributed by atoms with Crippen LogP contribution in [0.4, 0.5) is 4.79 Å². The normalized spacial score (nSPS) is 12.1. The molecule has 2 amide bonds. The maximum atomic E-state index is 13.8. The number of nitrogens with zero attached hydrogens (tertiary/aromatic N) is 1. The van der Waals surface area contributed by atoms with Crippen molar-refractivity contribution in [1.29, 1.82) is 0 Å². The van der Waals surface area contributed by atoms with Crippen molar-refractivity contribution in [2.75, 3.05) is 20.2 Å². The van der Waals surface area contributed by atoms with Crippen molar-refractivity contribution in [3.05, 3.63) is 126 Å². The summed E-state index contributed by atoms with van der Waals surface area (Å²) in [5.41, 5.74) is 4.05. The first-order valence-corrected chi connectivity index (χ1v) is 15.6. The van der Waals surface area contributed by atoms with Crippen LogP contribution in [0.15, 0.2) is 109 Å². The highest BCUT2D eigenvalue weighted by atomic mass is 16.5. The molecule has 9 heteroatoms. The third-order valence-electron chi connectivity index (χ3n) is 7.41. The predicted molar refractivity (Wildman–Crippen MR) is 179 cm³/mol. The lowest BCUT2D eigenvalue weighted by atomic mass is 9.94. The number of nitrogens with one attached hydrogen (secondary N) is 1. The molecule has 0 aliphatic rings. The molecule has 4 aromatic carbocycles. The number of urea groups is 1. The Hall–Kier alpha value is -5.15. The zero-order chi connectivity index (χ0) is 33.6. The van der Waals surface area contributed by atoms with E-state index in [1.54, 1.807) is 19.2 Å². The van der Waals surface area contributed by atoms with E-state index in [0.717, 1.165) is 27.8 Å². The highest BCUT2D eigenvalue weighted by Gasteiger charge is 2.30. The van der Waals surface area contributed by atoms with Gasteiger partial charge in [-0.25, -0.2) is 14.4 Å². The van der Waals surface area contributed by atoms with Crippen LogP contribution in [-0.4, -0.2) is 60.3 Å². The summed E-state index contributed by atoms with van der Waals surface area (Å²) in [6.07, 6.45) is -1.47. The lowest BCUT2D eigenvalue weighted by molar-refractivity contribution is -0.155. The van der Waals surface area contributed by atoms with Crippen molar-refractivity contribution in [2.24, 2.45) is 5.92 Å². The Balaban J connectivity index is 1.54. The largest absolute Gasteiger partial charge is 0.496 e. The van der Waals surface area contributed by atoms with Gasteiger partial charge in [-0.1, -0.05) is 117 Å². The van der Waals surface area contributed by atoms with Gasteiger partial charge < -0.3 is 29.5 Å². The van der Waals surface area contributed by atoms with E-state index in [1.807, 2.05) is 111 Å². The van der Waals surface area contributed by atoms with E-state index >= 15 is 0 Å². The van der Waals surface area contributed by atoms with Crippen molar-refractivity contribution in [3.63, 3.8) is 0 Å². The maximum Gasteiger partial charge on any atom is 0.337 e. The second-order valence-electron chi connectivity index (χ2n) is 11.6. The highest BCUT2D eigenvalue weighted by Crippen LogP contribution is 2.32. The number of hydrogen-bond donors (Lipinski definition) is 2. The number of esters is 2. The fourth-order valence-electron chi connectivity index (χ4n) is 5.10. The molecule has 2 unspecified atom stereocenters. The van der Waals surface area contributed by atoms with Crippen LogP contribution in [0.2, 0.25) is 0 Å². The van der Waals surface area contributed by atoms with Gasteiger partial charge in [0.25, 0.3) is 0 Å². The zero-order valence-electron chi connectivity index (χ0n) is 27.0. The minimum absolute atomic E-state index is 0.00282. The van der Waals surface area contributed by atoms with E-state index in [4.69, 9.17) is 14.2 Å². The molecule has 0 radical (unpaired) electrons. The SMILES string of the molecule is COc1ccccc1-c1ccccc1CC(NC(=O)N(CC(C)C)CC(O)C(=O)OCc1ccccc1)C(=O)OCc1ccccc1. The van der Waals surface area contributed by atoms with Crippen LogP contribution >= 0.6 is 0 Å². The minimum atomic E-state index is -1.59. The molecule has 0 heterocycles. The number of carbonyl (C=O) groups is 3. The predicted octanol–water partition coefficient (Wildman–Crippen LogP) is 5.79. The van der Waals surface area contributed by atoms with Gasteiger partial charge in [-0.05, 0) is 34.2 Å². The standard InChI is InChI=1S/C38H42N2O7/c1-27(2)23-40(24-34(41)37(43)47-26-29-16-8-5-9-17-29)38(44)39-33(36(42)46-25-28-14-6-4-7-15-28)22-30-18-10-11-19-31(30)32-20-12-13-21-35(32)45-3/h4-21,27,33-34,41H,22-26H2,1-3H3,(H,39,44). The van der Waals surface area contributed by atoms with Gasteiger partial charge in [-0.15, -0.1) is 0 Å². The summed E-state index contributed by atoms with van der Waals surface area (Å²) in [4.78, 5) is 41.4. The van der Waals surface area contributed by atoms with Crippen molar-refractivity contribution >= 4 is 18.0 Å². The molecule has 0 aliphatic heterocycles. The van der Waals surface area contributed by atoms with Crippen molar-refractivity contribution in [1.82, 2.24) is 10.2 Å². The van der Waals surface area contributed by atoms with Crippen LogP contribution < -0.4 is 10.1 Å². The van der Waals surface area contributed by atoms with Gasteiger partial charge in [0.05, 0.1) is 13.7 Å². The number of aliphatic hydroxyl groups excluding tert-OH is 1. The van der Waals surface area contributed by atoms with E-state index in [-0.39, 0.29) is 38.6 Å². The van der Waals surface area contributed by atoms with Crippen LogP contribution in [0, 0.1) is 5.92 Å². The number of para-hydroxylation sites is 1. The molecule has 0 bridgehead atoms. The molecule has 0 saturated carbocycles. The third kappa shape index (κ3) is 10.4. The first-order chi connectivity index (χ1) is 22.7. The van der Waals surface area contributed by atoms with Gasteiger partial charge in [0.2, 0.25) is 0 Å². The fraction of sp³-hybridized carbons (Fsp3) is 0.289. The molecule has 0 aromatic heterocycles. The minimum Gasteiger partial charge on any atom is -0.496 e. The smallest absolute Gasteiger partial charge is 0.337 e. The van der Waals surface area contributed by atoms with Gasteiger partial charge in [0.1, 0.15) is 25.0 Å².